The third kappa shape index (κ3) is 4.98. The Morgan fingerprint density at radius 2 is 1.88 bits per heavy atom. The van der Waals surface area contributed by atoms with Crippen molar-refractivity contribution in [3.8, 4) is 0 Å². The van der Waals surface area contributed by atoms with Crippen molar-refractivity contribution < 1.29 is 23.0 Å². The van der Waals surface area contributed by atoms with Crippen LogP contribution >= 0.6 is 0 Å². The lowest BCUT2D eigenvalue weighted by Gasteiger charge is -2.43. The molecule has 1 aromatic carbocycles. The third-order valence-electron chi connectivity index (χ3n) is 9.17. The number of aromatic nitrogens is 3. The van der Waals surface area contributed by atoms with Crippen molar-refractivity contribution in [2.75, 3.05) is 62.8 Å². The zero-order chi connectivity index (χ0) is 30.1. The molecule has 10 nitrogen and oxygen atoms in total. The van der Waals surface area contributed by atoms with E-state index in [9.17, 15) is 18.4 Å². The Kier molecular flexibility index (Phi) is 6.79. The first kappa shape index (κ1) is 28.3. The molecule has 0 bridgehead atoms. The van der Waals surface area contributed by atoms with Gasteiger partial charge in [0.2, 0.25) is 5.91 Å². The minimum atomic E-state index is -2.60. The first-order valence-electron chi connectivity index (χ1n) is 14.9. The van der Waals surface area contributed by atoms with Crippen molar-refractivity contribution in [2.24, 2.45) is 0 Å². The van der Waals surface area contributed by atoms with Crippen molar-refractivity contribution in [3.05, 3.63) is 57.9 Å². The van der Waals surface area contributed by atoms with E-state index in [-0.39, 0.29) is 36.8 Å². The number of amides is 1. The number of carbonyl (C=O) groups excluding carboxylic acids is 1. The van der Waals surface area contributed by atoms with E-state index in [2.05, 4.69) is 9.88 Å². The van der Waals surface area contributed by atoms with Gasteiger partial charge in [-0.15, -0.1) is 0 Å². The number of hydrogen-bond donors (Lipinski definition) is 0. The van der Waals surface area contributed by atoms with E-state index >= 15 is 0 Å². The fraction of sp³-hybridized carbons (Fsp3) is 0.548. The number of carbonyl (C=O) groups is 1. The van der Waals surface area contributed by atoms with Gasteiger partial charge < -0.3 is 19.3 Å². The Morgan fingerprint density at radius 1 is 1.09 bits per heavy atom. The standard InChI is InChI=1S/C31H36F2N6O4/c1-30(2)26-24(36(3)29(30)41)12-19(14-34-26)6-8-39-27(25-7-10-43-25)35-23-13-20(4-5-22(23)28(39)40)38-9-11-42-21(16-38)15-37-17-31(32,33)18-37/h4-5,12-14,21,25H,6-11,15-18H2,1-3H3/t21-,25?/m0/s1. The molecule has 43 heavy (non-hydrogen) atoms. The van der Waals surface area contributed by atoms with Gasteiger partial charge >= 0.3 is 0 Å². The van der Waals surface area contributed by atoms with Crippen molar-refractivity contribution in [3.63, 3.8) is 0 Å². The number of nitrogens with zero attached hydrogens (tertiary/aromatic N) is 6. The molecule has 2 atom stereocenters. The second-order valence-corrected chi connectivity index (χ2v) is 12.7. The van der Waals surface area contributed by atoms with Gasteiger partial charge in [-0.05, 0) is 50.1 Å². The number of fused-ring (bicyclic) bond motifs is 2. The highest BCUT2D eigenvalue weighted by molar-refractivity contribution is 6.06. The second-order valence-electron chi connectivity index (χ2n) is 12.7. The zero-order valence-electron chi connectivity index (χ0n) is 24.7. The molecule has 4 aliphatic heterocycles. The van der Waals surface area contributed by atoms with Gasteiger partial charge in [0.1, 0.15) is 11.9 Å². The van der Waals surface area contributed by atoms with Gasteiger partial charge in [-0.3, -0.25) is 24.0 Å². The van der Waals surface area contributed by atoms with E-state index in [1.54, 1.807) is 27.6 Å². The summed E-state index contributed by atoms with van der Waals surface area (Å²) in [5, 5.41) is 0.526. The molecule has 3 saturated heterocycles. The van der Waals surface area contributed by atoms with Crippen LogP contribution in [0.15, 0.2) is 35.3 Å². The van der Waals surface area contributed by atoms with Crippen molar-refractivity contribution in [2.45, 2.75) is 56.8 Å². The minimum absolute atomic E-state index is 0.0132. The average molecular weight is 595 g/mol. The fourth-order valence-electron chi connectivity index (χ4n) is 6.65. The van der Waals surface area contributed by atoms with Crippen LogP contribution < -0.4 is 15.4 Å². The van der Waals surface area contributed by atoms with Gasteiger partial charge in [0.15, 0.2) is 0 Å². The summed E-state index contributed by atoms with van der Waals surface area (Å²) in [7, 11) is 1.77. The number of likely N-dealkylation sites (N-methyl/N-ethyl adjacent to an activating group) is 1. The van der Waals surface area contributed by atoms with E-state index in [0.29, 0.717) is 62.5 Å². The van der Waals surface area contributed by atoms with Crippen LogP contribution in [0.1, 0.15) is 43.5 Å². The van der Waals surface area contributed by atoms with Gasteiger partial charge in [-0.25, -0.2) is 13.8 Å². The lowest BCUT2D eigenvalue weighted by atomic mass is 9.90. The van der Waals surface area contributed by atoms with Crippen LogP contribution in [0.2, 0.25) is 0 Å². The number of pyridine rings is 1. The molecular weight excluding hydrogens is 558 g/mol. The minimum Gasteiger partial charge on any atom is -0.373 e. The monoisotopic (exact) mass is 594 g/mol. The maximum atomic E-state index is 13.8. The van der Waals surface area contributed by atoms with Crippen LogP contribution in [0.4, 0.5) is 20.2 Å². The van der Waals surface area contributed by atoms with Gasteiger partial charge in [-0.1, -0.05) is 0 Å². The Bertz CT molecular complexity index is 1650. The highest BCUT2D eigenvalue weighted by Crippen LogP contribution is 2.39. The number of hydrogen-bond acceptors (Lipinski definition) is 8. The van der Waals surface area contributed by atoms with Gasteiger partial charge in [-0.2, -0.15) is 0 Å². The summed E-state index contributed by atoms with van der Waals surface area (Å²) in [5.41, 5.74) is 3.25. The van der Waals surface area contributed by atoms with E-state index in [1.807, 2.05) is 38.1 Å². The van der Waals surface area contributed by atoms with Crippen LogP contribution in [0.5, 0.6) is 0 Å². The predicted molar refractivity (Wildman–Crippen MR) is 157 cm³/mol. The number of alkyl halides is 2. The van der Waals surface area contributed by atoms with Crippen molar-refractivity contribution >= 4 is 28.2 Å². The molecule has 0 saturated carbocycles. The summed E-state index contributed by atoms with van der Waals surface area (Å²) in [6.07, 6.45) is 2.72. The smallest absolute Gasteiger partial charge is 0.272 e. The number of rotatable bonds is 7. The summed E-state index contributed by atoms with van der Waals surface area (Å²) in [4.78, 5) is 41.7. The van der Waals surface area contributed by atoms with Gasteiger partial charge in [0, 0.05) is 51.5 Å². The number of aryl methyl sites for hydroxylation is 1. The molecule has 0 radical (unpaired) electrons. The Balaban J connectivity index is 1.13. The third-order valence-corrected chi connectivity index (χ3v) is 9.17. The molecule has 0 spiro atoms. The quantitative estimate of drug-likeness (QED) is 0.413. The molecule has 2 aromatic heterocycles. The summed E-state index contributed by atoms with van der Waals surface area (Å²) in [5.74, 6) is -1.97. The Hall–Kier alpha value is -3.48. The molecular formula is C31H36F2N6O4. The number of ether oxygens (including phenoxy) is 2. The fourth-order valence-corrected chi connectivity index (χ4v) is 6.65. The molecule has 7 rings (SSSR count). The van der Waals surface area contributed by atoms with E-state index < -0.39 is 11.3 Å². The highest BCUT2D eigenvalue weighted by Gasteiger charge is 2.45. The molecule has 3 fully saturated rings. The molecule has 3 aromatic rings. The molecule has 228 valence electrons. The molecule has 4 aliphatic rings. The lowest BCUT2D eigenvalue weighted by molar-refractivity contribution is -0.143. The molecule has 12 heteroatoms. The summed E-state index contributed by atoms with van der Waals surface area (Å²) >= 11 is 0. The van der Waals surface area contributed by atoms with Gasteiger partial charge in [0.25, 0.3) is 11.5 Å². The van der Waals surface area contributed by atoms with Crippen molar-refractivity contribution in [1.29, 1.82) is 0 Å². The number of morpholine rings is 1. The summed E-state index contributed by atoms with van der Waals surface area (Å²) < 4.78 is 40.0. The van der Waals surface area contributed by atoms with Crippen molar-refractivity contribution in [1.82, 2.24) is 19.4 Å². The van der Waals surface area contributed by atoms with E-state index in [0.717, 1.165) is 29.1 Å². The van der Waals surface area contributed by atoms with Crippen LogP contribution in [0.3, 0.4) is 0 Å². The average Bonchev–Trinajstić information content (AvgIpc) is 3.10. The van der Waals surface area contributed by atoms with E-state index in [1.165, 1.54) is 0 Å². The van der Waals surface area contributed by atoms with Gasteiger partial charge in [0.05, 0.1) is 60.1 Å². The topological polar surface area (TPSA) is 93.0 Å². The summed E-state index contributed by atoms with van der Waals surface area (Å²) in [6, 6.07) is 7.67. The number of anilines is 2. The molecule has 0 aliphatic carbocycles. The molecule has 1 unspecified atom stereocenters. The SMILES string of the molecule is CN1C(=O)C(C)(C)c2ncc(CCn3c(C4CCO4)nc4cc(N5CCO[C@@H](CN6CC(F)(F)C6)C5)ccc4c3=O)cc21. The molecule has 1 amide bonds. The summed E-state index contributed by atoms with van der Waals surface area (Å²) in [6.45, 7) is 6.58. The predicted octanol–water partition coefficient (Wildman–Crippen LogP) is 2.91. The maximum Gasteiger partial charge on any atom is 0.272 e. The number of likely N-dealkylation sites (tertiary alicyclic amines) is 1. The molecule has 6 heterocycles. The second kappa shape index (κ2) is 10.3. The Labute approximate surface area is 248 Å². The van der Waals surface area contributed by atoms with Crippen LogP contribution in [-0.4, -0.2) is 90.4 Å². The maximum absolute atomic E-state index is 13.8. The van der Waals surface area contributed by atoms with E-state index in [4.69, 9.17) is 14.5 Å². The first-order chi connectivity index (χ1) is 20.5. The van der Waals surface area contributed by atoms with Crippen LogP contribution in [0.25, 0.3) is 10.9 Å². The number of halogens is 2. The zero-order valence-corrected chi connectivity index (χ0v) is 24.7. The lowest BCUT2D eigenvalue weighted by Crippen LogP contribution is -2.60. The first-order valence-corrected chi connectivity index (χ1v) is 14.9. The highest BCUT2D eigenvalue weighted by atomic mass is 19.3. The van der Waals surface area contributed by atoms with Crippen LogP contribution in [0, 0.1) is 0 Å². The Morgan fingerprint density at radius 3 is 2.60 bits per heavy atom. The van der Waals surface area contributed by atoms with Crippen LogP contribution in [-0.2, 0) is 32.6 Å². The molecule has 0 N–H and O–H groups in total. The normalized spacial score (nSPS) is 24.6. The largest absolute Gasteiger partial charge is 0.373 e. The number of benzene rings is 1.